The molecule has 0 saturated carbocycles. The number of alkyl halides is 2. The van der Waals surface area contributed by atoms with Crippen LogP contribution in [0.5, 0.6) is 5.75 Å². The zero-order chi connectivity index (χ0) is 13.9. The molecule has 0 spiro atoms. The monoisotopic (exact) mass is 262 g/mol. The molecule has 0 aliphatic carbocycles. The van der Waals surface area contributed by atoms with E-state index in [4.69, 9.17) is 5.11 Å². The van der Waals surface area contributed by atoms with Gasteiger partial charge in [0, 0.05) is 5.56 Å². The van der Waals surface area contributed by atoms with Crippen molar-refractivity contribution in [3.05, 3.63) is 27.6 Å². The summed E-state index contributed by atoms with van der Waals surface area (Å²) in [5, 5.41) is 19.3. The number of carboxylic acid groups (broad SMARTS) is 1. The quantitative estimate of drug-likeness (QED) is 0.638. The Bertz CT molecular complexity index is 492. The van der Waals surface area contributed by atoms with E-state index in [1.54, 1.807) is 0 Å². The molecule has 9 heteroatoms. The minimum absolute atomic E-state index is 0.491. The van der Waals surface area contributed by atoms with Crippen LogP contribution >= 0.6 is 0 Å². The average molecular weight is 262 g/mol. The van der Waals surface area contributed by atoms with E-state index in [9.17, 15) is 23.7 Å². The smallest absolute Gasteiger partial charge is 0.329 e. The minimum atomic E-state index is -3.05. The standard InChI is InChI=1S/C9H8F2N2O5/c1-18-8-4(2-6(14)15)7(9(10)11)12-3-5(8)13(16)17/h3,9H,2H2,1H3,(H,14,15). The molecule has 1 rings (SSSR count). The number of halogens is 2. The summed E-state index contributed by atoms with van der Waals surface area (Å²) in [6.45, 7) is 0. The van der Waals surface area contributed by atoms with Crippen molar-refractivity contribution in [3.8, 4) is 5.75 Å². The Morgan fingerprint density at radius 1 is 1.67 bits per heavy atom. The number of nitro groups is 1. The zero-order valence-electron chi connectivity index (χ0n) is 9.09. The Labute approximate surface area is 99.2 Å². The Hall–Kier alpha value is -2.32. The molecule has 0 aliphatic rings. The van der Waals surface area contributed by atoms with Gasteiger partial charge in [0.05, 0.1) is 18.5 Å². The highest BCUT2D eigenvalue weighted by Crippen LogP contribution is 2.35. The zero-order valence-corrected chi connectivity index (χ0v) is 9.09. The van der Waals surface area contributed by atoms with Crippen LogP contribution in [0.25, 0.3) is 0 Å². The molecule has 0 atom stereocenters. The van der Waals surface area contributed by atoms with E-state index in [2.05, 4.69) is 9.72 Å². The lowest BCUT2D eigenvalue weighted by molar-refractivity contribution is -0.386. The van der Waals surface area contributed by atoms with E-state index < -0.39 is 46.4 Å². The third-order valence-electron chi connectivity index (χ3n) is 2.08. The molecule has 0 fully saturated rings. The average Bonchev–Trinajstić information content (AvgIpc) is 2.26. The number of aromatic nitrogens is 1. The van der Waals surface area contributed by atoms with Gasteiger partial charge >= 0.3 is 11.7 Å². The van der Waals surface area contributed by atoms with E-state index in [0.29, 0.717) is 6.20 Å². The first-order valence-electron chi connectivity index (χ1n) is 4.58. The molecule has 7 nitrogen and oxygen atoms in total. The van der Waals surface area contributed by atoms with Gasteiger partial charge in [0.25, 0.3) is 6.43 Å². The Morgan fingerprint density at radius 3 is 2.67 bits per heavy atom. The van der Waals surface area contributed by atoms with Gasteiger partial charge in [0.15, 0.2) is 0 Å². The number of rotatable bonds is 5. The summed E-state index contributed by atoms with van der Waals surface area (Å²) in [6.07, 6.45) is -3.27. The second-order valence-corrected chi connectivity index (χ2v) is 3.17. The van der Waals surface area contributed by atoms with Crippen LogP contribution in [0.3, 0.4) is 0 Å². The molecule has 18 heavy (non-hydrogen) atoms. The number of hydrogen-bond donors (Lipinski definition) is 1. The molecule has 0 aromatic carbocycles. The summed E-state index contributed by atoms with van der Waals surface area (Å²) < 4.78 is 29.9. The largest absolute Gasteiger partial charge is 0.490 e. The number of methoxy groups -OCH3 is 1. The van der Waals surface area contributed by atoms with Crippen LogP contribution in [-0.4, -0.2) is 28.1 Å². The van der Waals surface area contributed by atoms with Crippen molar-refractivity contribution < 1.29 is 28.3 Å². The van der Waals surface area contributed by atoms with Crippen molar-refractivity contribution in [2.24, 2.45) is 0 Å². The van der Waals surface area contributed by atoms with Crippen molar-refractivity contribution in [1.29, 1.82) is 0 Å². The third kappa shape index (κ3) is 2.67. The van der Waals surface area contributed by atoms with E-state index >= 15 is 0 Å². The summed E-state index contributed by atoms with van der Waals surface area (Å²) in [5.74, 6) is -1.93. The van der Waals surface area contributed by atoms with Gasteiger partial charge in [-0.1, -0.05) is 0 Å². The predicted octanol–water partition coefficient (Wildman–Crippen LogP) is 1.56. The summed E-state index contributed by atoms with van der Waals surface area (Å²) in [6, 6.07) is 0. The molecule has 1 N–H and O–H groups in total. The maximum Gasteiger partial charge on any atom is 0.329 e. The molecule has 0 amide bonds. The topological polar surface area (TPSA) is 103 Å². The van der Waals surface area contributed by atoms with Crippen LogP contribution < -0.4 is 4.74 Å². The lowest BCUT2D eigenvalue weighted by atomic mass is 10.1. The molecule has 0 saturated heterocycles. The second-order valence-electron chi connectivity index (χ2n) is 3.17. The van der Waals surface area contributed by atoms with Crippen LogP contribution in [0.4, 0.5) is 14.5 Å². The fourth-order valence-electron chi connectivity index (χ4n) is 1.41. The lowest BCUT2D eigenvalue weighted by Crippen LogP contribution is -2.10. The highest BCUT2D eigenvalue weighted by molar-refractivity contribution is 5.73. The van der Waals surface area contributed by atoms with Gasteiger partial charge in [-0.15, -0.1) is 0 Å². The summed E-state index contributed by atoms with van der Waals surface area (Å²) >= 11 is 0. The van der Waals surface area contributed by atoms with Crippen LogP contribution in [0, 0.1) is 10.1 Å². The SMILES string of the molecule is COc1c([N+](=O)[O-])cnc(C(F)F)c1CC(=O)O. The second kappa shape index (κ2) is 5.34. The van der Waals surface area contributed by atoms with Gasteiger partial charge in [-0.05, 0) is 0 Å². The molecule has 0 aliphatic heterocycles. The number of carboxylic acids is 1. The van der Waals surface area contributed by atoms with E-state index in [1.165, 1.54) is 0 Å². The first kappa shape index (κ1) is 13.7. The molecule has 0 bridgehead atoms. The highest BCUT2D eigenvalue weighted by Gasteiger charge is 2.28. The Morgan fingerprint density at radius 2 is 2.28 bits per heavy atom. The van der Waals surface area contributed by atoms with Gasteiger partial charge in [-0.2, -0.15) is 0 Å². The van der Waals surface area contributed by atoms with Gasteiger partial charge in [-0.25, -0.2) is 13.8 Å². The normalized spacial score (nSPS) is 10.4. The highest BCUT2D eigenvalue weighted by atomic mass is 19.3. The Kier molecular flexibility index (Phi) is 4.08. The molecular formula is C9H8F2N2O5. The van der Waals surface area contributed by atoms with Gasteiger partial charge < -0.3 is 9.84 Å². The van der Waals surface area contributed by atoms with Crippen molar-refractivity contribution >= 4 is 11.7 Å². The fourth-order valence-corrected chi connectivity index (χ4v) is 1.41. The predicted molar refractivity (Wildman–Crippen MR) is 53.7 cm³/mol. The van der Waals surface area contributed by atoms with Gasteiger partial charge in [0.2, 0.25) is 5.75 Å². The van der Waals surface area contributed by atoms with Crippen LogP contribution in [-0.2, 0) is 11.2 Å². The van der Waals surface area contributed by atoms with E-state index in [-0.39, 0.29) is 0 Å². The number of carbonyl (C=O) groups is 1. The molecule has 0 unspecified atom stereocenters. The lowest BCUT2D eigenvalue weighted by Gasteiger charge is -2.11. The van der Waals surface area contributed by atoms with Crippen molar-refractivity contribution in [2.45, 2.75) is 12.8 Å². The summed E-state index contributed by atoms with van der Waals surface area (Å²) in [5.41, 5.74) is -1.98. The minimum Gasteiger partial charge on any atom is -0.490 e. The molecule has 98 valence electrons. The van der Waals surface area contributed by atoms with Crippen molar-refractivity contribution in [2.75, 3.05) is 7.11 Å². The maximum absolute atomic E-state index is 12.6. The molecule has 1 aromatic rings. The van der Waals surface area contributed by atoms with E-state index in [1.807, 2.05) is 0 Å². The Balaban J connectivity index is 3.50. The van der Waals surface area contributed by atoms with Gasteiger partial charge in [-0.3, -0.25) is 14.9 Å². The van der Waals surface area contributed by atoms with Crippen LogP contribution in [0.2, 0.25) is 0 Å². The fraction of sp³-hybridized carbons (Fsp3) is 0.333. The number of ether oxygens (including phenoxy) is 1. The van der Waals surface area contributed by atoms with Crippen molar-refractivity contribution in [3.63, 3.8) is 0 Å². The third-order valence-corrected chi connectivity index (χ3v) is 2.08. The molecule has 1 heterocycles. The number of aliphatic carboxylic acids is 1. The molecule has 0 radical (unpaired) electrons. The first-order chi connectivity index (χ1) is 8.38. The first-order valence-corrected chi connectivity index (χ1v) is 4.58. The number of hydrogen-bond acceptors (Lipinski definition) is 5. The van der Waals surface area contributed by atoms with Gasteiger partial charge in [0.1, 0.15) is 11.9 Å². The summed E-state index contributed by atoms with van der Waals surface area (Å²) in [7, 11) is 1.03. The number of nitrogens with zero attached hydrogens (tertiary/aromatic N) is 2. The summed E-state index contributed by atoms with van der Waals surface area (Å²) in [4.78, 5) is 23.6. The maximum atomic E-state index is 12.6. The van der Waals surface area contributed by atoms with Crippen molar-refractivity contribution in [1.82, 2.24) is 4.98 Å². The molecule has 1 aromatic heterocycles. The number of pyridine rings is 1. The van der Waals surface area contributed by atoms with Crippen LogP contribution in [0.15, 0.2) is 6.20 Å². The molecular weight excluding hydrogens is 254 g/mol. The van der Waals surface area contributed by atoms with E-state index in [0.717, 1.165) is 7.11 Å². The van der Waals surface area contributed by atoms with Crippen LogP contribution in [0.1, 0.15) is 17.7 Å².